The van der Waals surface area contributed by atoms with Gasteiger partial charge in [-0.25, -0.2) is 17.9 Å². The first kappa shape index (κ1) is 16.2. The summed E-state index contributed by atoms with van der Waals surface area (Å²) in [6, 6.07) is 9.46. The lowest BCUT2D eigenvalue weighted by atomic mass is 10.1. The Morgan fingerprint density at radius 2 is 2.05 bits per heavy atom. The van der Waals surface area contributed by atoms with Crippen LogP contribution in [0.2, 0.25) is 0 Å². The van der Waals surface area contributed by atoms with Crippen molar-refractivity contribution >= 4 is 43.3 Å². The molecule has 0 aliphatic heterocycles. The van der Waals surface area contributed by atoms with E-state index in [1.807, 2.05) is 24.3 Å². The van der Waals surface area contributed by atoms with Crippen LogP contribution in [0.25, 0.3) is 0 Å². The van der Waals surface area contributed by atoms with Crippen molar-refractivity contribution in [2.24, 2.45) is 0 Å². The van der Waals surface area contributed by atoms with Crippen molar-refractivity contribution in [3.8, 4) is 0 Å². The highest BCUT2D eigenvalue weighted by Crippen LogP contribution is 2.24. The van der Waals surface area contributed by atoms with E-state index < -0.39 is 22.0 Å². The third-order valence-corrected chi connectivity index (χ3v) is 6.34. The van der Waals surface area contributed by atoms with Gasteiger partial charge in [0.2, 0.25) is 0 Å². The van der Waals surface area contributed by atoms with E-state index in [9.17, 15) is 13.2 Å². The molecular formula is C13H12BrNO4S2. The fourth-order valence-corrected chi connectivity index (χ4v) is 4.52. The molecule has 2 rings (SSSR count). The van der Waals surface area contributed by atoms with Gasteiger partial charge in [0.1, 0.15) is 9.09 Å². The number of benzene rings is 1. The summed E-state index contributed by atoms with van der Waals surface area (Å²) < 4.78 is 27.8. The van der Waals surface area contributed by atoms with Crippen LogP contribution in [0.15, 0.2) is 45.1 Å². The van der Waals surface area contributed by atoms with Crippen LogP contribution in [-0.4, -0.2) is 19.5 Å². The van der Waals surface area contributed by atoms with Crippen LogP contribution < -0.4 is 4.72 Å². The summed E-state index contributed by atoms with van der Waals surface area (Å²) in [4.78, 5) is 10.8. The zero-order valence-electron chi connectivity index (χ0n) is 10.9. The largest absolute Gasteiger partial charge is 0.477 e. The molecule has 1 aromatic heterocycles. The highest BCUT2D eigenvalue weighted by atomic mass is 79.9. The number of rotatable bonds is 5. The summed E-state index contributed by atoms with van der Waals surface area (Å²) in [6.45, 7) is 1.73. The summed E-state index contributed by atoms with van der Waals surface area (Å²) in [5.74, 6) is -1.14. The lowest BCUT2D eigenvalue weighted by molar-refractivity contribution is 0.0702. The SMILES string of the molecule is C[C@H](NS(=O)(=O)c1ccc(C(=O)O)s1)c1cccc(Br)c1. The number of carboxylic acid groups (broad SMARTS) is 1. The molecule has 5 nitrogen and oxygen atoms in total. The van der Waals surface area contributed by atoms with Crippen LogP contribution in [0, 0.1) is 0 Å². The molecule has 0 spiro atoms. The molecule has 2 aromatic rings. The van der Waals surface area contributed by atoms with Gasteiger partial charge in [-0.3, -0.25) is 0 Å². The van der Waals surface area contributed by atoms with Gasteiger partial charge in [-0.05, 0) is 36.8 Å². The minimum atomic E-state index is -3.74. The summed E-state index contributed by atoms with van der Waals surface area (Å²) in [5.41, 5.74) is 0.808. The average molecular weight is 390 g/mol. The van der Waals surface area contributed by atoms with E-state index in [1.165, 1.54) is 12.1 Å². The quantitative estimate of drug-likeness (QED) is 0.821. The first-order chi connectivity index (χ1) is 9.79. The van der Waals surface area contributed by atoms with Crippen molar-refractivity contribution in [1.82, 2.24) is 4.72 Å². The predicted molar refractivity (Wildman–Crippen MR) is 84.2 cm³/mol. The highest BCUT2D eigenvalue weighted by molar-refractivity contribution is 9.10. The van der Waals surface area contributed by atoms with Gasteiger partial charge in [-0.15, -0.1) is 11.3 Å². The lowest BCUT2D eigenvalue weighted by Crippen LogP contribution is -2.26. The van der Waals surface area contributed by atoms with Crippen molar-refractivity contribution in [3.63, 3.8) is 0 Å². The Labute approximate surface area is 134 Å². The number of hydrogen-bond donors (Lipinski definition) is 2. The van der Waals surface area contributed by atoms with Crippen LogP contribution in [0.5, 0.6) is 0 Å². The van der Waals surface area contributed by atoms with E-state index in [0.29, 0.717) is 0 Å². The molecule has 0 aliphatic rings. The number of halogens is 1. The van der Waals surface area contributed by atoms with E-state index in [0.717, 1.165) is 21.4 Å². The number of nitrogens with one attached hydrogen (secondary N) is 1. The fourth-order valence-electron chi connectivity index (χ4n) is 1.71. The van der Waals surface area contributed by atoms with Crippen LogP contribution in [0.1, 0.15) is 28.2 Å². The van der Waals surface area contributed by atoms with E-state index >= 15 is 0 Å². The number of thiophene rings is 1. The van der Waals surface area contributed by atoms with Gasteiger partial charge < -0.3 is 5.11 Å². The molecule has 0 unspecified atom stereocenters. The molecule has 0 radical (unpaired) electrons. The number of sulfonamides is 1. The van der Waals surface area contributed by atoms with E-state index in [1.54, 1.807) is 6.92 Å². The van der Waals surface area contributed by atoms with Gasteiger partial charge in [0.25, 0.3) is 10.0 Å². The zero-order valence-corrected chi connectivity index (χ0v) is 14.1. The normalized spacial score (nSPS) is 13.0. The zero-order chi connectivity index (χ0) is 15.6. The molecular weight excluding hydrogens is 378 g/mol. The maximum absolute atomic E-state index is 12.2. The van der Waals surface area contributed by atoms with Gasteiger partial charge in [0.15, 0.2) is 0 Å². The number of carbonyl (C=O) groups is 1. The van der Waals surface area contributed by atoms with Crippen molar-refractivity contribution < 1.29 is 18.3 Å². The lowest BCUT2D eigenvalue weighted by Gasteiger charge is -2.14. The Bertz CT molecular complexity index is 770. The minimum Gasteiger partial charge on any atom is -0.477 e. The Morgan fingerprint density at radius 1 is 1.33 bits per heavy atom. The van der Waals surface area contributed by atoms with Crippen molar-refractivity contribution in [2.75, 3.05) is 0 Å². The van der Waals surface area contributed by atoms with Gasteiger partial charge in [0, 0.05) is 10.5 Å². The molecule has 0 saturated heterocycles. The summed E-state index contributed by atoms with van der Waals surface area (Å²) in [6.07, 6.45) is 0. The fraction of sp³-hybridized carbons (Fsp3) is 0.154. The second kappa shape index (κ2) is 6.27. The smallest absolute Gasteiger partial charge is 0.345 e. The molecule has 112 valence electrons. The minimum absolute atomic E-state index is 0.00881. The Morgan fingerprint density at radius 3 is 2.62 bits per heavy atom. The van der Waals surface area contributed by atoms with Crippen LogP contribution in [-0.2, 0) is 10.0 Å². The van der Waals surface area contributed by atoms with E-state index in [2.05, 4.69) is 20.7 Å². The molecule has 1 atom stereocenters. The number of hydrogen-bond acceptors (Lipinski definition) is 4. The summed E-state index contributed by atoms with van der Waals surface area (Å²) in [7, 11) is -3.74. The Balaban J connectivity index is 2.22. The van der Waals surface area contributed by atoms with Crippen LogP contribution >= 0.6 is 27.3 Å². The van der Waals surface area contributed by atoms with Crippen LogP contribution in [0.3, 0.4) is 0 Å². The molecule has 1 heterocycles. The van der Waals surface area contributed by atoms with E-state index in [-0.39, 0.29) is 9.09 Å². The average Bonchev–Trinajstić information content (AvgIpc) is 2.88. The predicted octanol–water partition coefficient (Wildman–Crippen LogP) is 3.25. The molecule has 0 bridgehead atoms. The molecule has 0 saturated carbocycles. The highest BCUT2D eigenvalue weighted by Gasteiger charge is 2.21. The maximum atomic E-state index is 12.2. The molecule has 0 aliphatic carbocycles. The topological polar surface area (TPSA) is 83.5 Å². The third kappa shape index (κ3) is 3.91. The first-order valence-electron chi connectivity index (χ1n) is 5.90. The molecule has 2 N–H and O–H groups in total. The summed E-state index contributed by atoms with van der Waals surface area (Å²) in [5, 5.41) is 8.84. The van der Waals surface area contributed by atoms with Crippen molar-refractivity contribution in [3.05, 3.63) is 51.3 Å². The van der Waals surface area contributed by atoms with Crippen molar-refractivity contribution in [1.29, 1.82) is 0 Å². The standard InChI is InChI=1S/C13H12BrNO4S2/c1-8(9-3-2-4-10(14)7-9)15-21(18,19)12-6-5-11(20-12)13(16)17/h2-8,15H,1H3,(H,16,17)/t8-/m0/s1. The molecule has 0 amide bonds. The molecule has 21 heavy (non-hydrogen) atoms. The van der Waals surface area contributed by atoms with E-state index in [4.69, 9.17) is 5.11 Å². The second-order valence-corrected chi connectivity index (χ2v) is 8.26. The third-order valence-electron chi connectivity index (χ3n) is 2.74. The Hall–Kier alpha value is -1.22. The number of carboxylic acids is 1. The maximum Gasteiger partial charge on any atom is 0.345 e. The number of aromatic carboxylic acids is 1. The molecule has 8 heteroatoms. The van der Waals surface area contributed by atoms with Gasteiger partial charge in [0.05, 0.1) is 0 Å². The van der Waals surface area contributed by atoms with Gasteiger partial charge in [-0.1, -0.05) is 28.1 Å². The molecule has 1 aromatic carbocycles. The van der Waals surface area contributed by atoms with Crippen LogP contribution in [0.4, 0.5) is 0 Å². The van der Waals surface area contributed by atoms with Crippen molar-refractivity contribution in [2.45, 2.75) is 17.2 Å². The monoisotopic (exact) mass is 389 g/mol. The first-order valence-corrected chi connectivity index (χ1v) is 9.00. The Kier molecular flexibility index (Phi) is 4.82. The second-order valence-electron chi connectivity index (χ2n) is 4.32. The molecule has 0 fully saturated rings. The summed E-state index contributed by atoms with van der Waals surface area (Å²) >= 11 is 4.06. The van der Waals surface area contributed by atoms with Gasteiger partial charge >= 0.3 is 5.97 Å². The van der Waals surface area contributed by atoms with Gasteiger partial charge in [-0.2, -0.15) is 0 Å².